The highest BCUT2D eigenvalue weighted by atomic mass is 32.2. The number of rotatable bonds is 5. The monoisotopic (exact) mass is 266 g/mol. The molecule has 1 heterocycles. The number of halogens is 1. The van der Waals surface area contributed by atoms with Crippen molar-refractivity contribution in [1.82, 2.24) is 0 Å². The molecule has 88 valence electrons. The number of ketones is 1. The number of hydrogen-bond donors (Lipinski definition) is 0. The van der Waals surface area contributed by atoms with Crippen LogP contribution in [-0.2, 0) is 11.2 Å². The Kier molecular flexibility index (Phi) is 4.34. The number of carbonyl (C=O) groups excluding carboxylic acids is 1. The van der Waals surface area contributed by atoms with E-state index in [0.717, 1.165) is 10.5 Å². The van der Waals surface area contributed by atoms with E-state index in [1.165, 1.54) is 23.9 Å². The van der Waals surface area contributed by atoms with Crippen LogP contribution >= 0.6 is 23.1 Å². The molecule has 2 rings (SSSR count). The number of thioether (sulfide) groups is 1. The maximum absolute atomic E-state index is 12.7. The molecule has 0 amide bonds. The summed E-state index contributed by atoms with van der Waals surface area (Å²) in [6, 6.07) is 8.16. The molecule has 0 aliphatic heterocycles. The zero-order valence-corrected chi connectivity index (χ0v) is 10.7. The molecule has 0 saturated heterocycles. The van der Waals surface area contributed by atoms with Gasteiger partial charge in [-0.1, -0.05) is 0 Å². The van der Waals surface area contributed by atoms with E-state index < -0.39 is 0 Å². The Morgan fingerprint density at radius 3 is 2.65 bits per heavy atom. The zero-order chi connectivity index (χ0) is 12.1. The third-order valence-corrected chi connectivity index (χ3v) is 4.00. The lowest BCUT2D eigenvalue weighted by Crippen LogP contribution is -2.04. The largest absolute Gasteiger partial charge is 0.298 e. The Hall–Kier alpha value is -1.13. The van der Waals surface area contributed by atoms with Crippen LogP contribution in [0.1, 0.15) is 5.56 Å². The number of hydrogen-bond acceptors (Lipinski definition) is 3. The second-order valence-corrected chi connectivity index (χ2v) is 5.42. The minimum Gasteiger partial charge on any atom is -0.298 e. The summed E-state index contributed by atoms with van der Waals surface area (Å²) < 4.78 is 12.7. The Labute approximate surface area is 108 Å². The van der Waals surface area contributed by atoms with Crippen LogP contribution in [0.4, 0.5) is 4.39 Å². The normalized spacial score (nSPS) is 10.4. The summed E-state index contributed by atoms with van der Waals surface area (Å²) in [4.78, 5) is 12.6. The summed E-state index contributed by atoms with van der Waals surface area (Å²) >= 11 is 3.04. The fourth-order valence-corrected chi connectivity index (χ4v) is 2.79. The first-order chi connectivity index (χ1) is 8.24. The molecule has 17 heavy (non-hydrogen) atoms. The van der Waals surface area contributed by atoms with Crippen LogP contribution in [-0.4, -0.2) is 11.5 Å². The van der Waals surface area contributed by atoms with Crippen LogP contribution in [0.5, 0.6) is 0 Å². The summed E-state index contributed by atoms with van der Waals surface area (Å²) in [5, 5.41) is 3.95. The third-order valence-electron chi connectivity index (χ3n) is 2.19. The van der Waals surface area contributed by atoms with Gasteiger partial charge in [-0.05, 0) is 46.7 Å². The second kappa shape index (κ2) is 5.98. The average Bonchev–Trinajstić information content (AvgIpc) is 2.81. The minimum atomic E-state index is -0.251. The first-order valence-electron chi connectivity index (χ1n) is 5.15. The topological polar surface area (TPSA) is 17.1 Å². The van der Waals surface area contributed by atoms with Crippen molar-refractivity contribution in [2.75, 3.05) is 5.75 Å². The van der Waals surface area contributed by atoms with Gasteiger partial charge in [0.2, 0.25) is 0 Å². The van der Waals surface area contributed by atoms with Crippen LogP contribution in [0, 0.1) is 5.82 Å². The molecule has 0 atom stereocenters. The van der Waals surface area contributed by atoms with Gasteiger partial charge >= 0.3 is 0 Å². The highest BCUT2D eigenvalue weighted by Crippen LogP contribution is 2.19. The smallest absolute Gasteiger partial charge is 0.147 e. The maximum Gasteiger partial charge on any atom is 0.147 e. The number of benzene rings is 1. The highest BCUT2D eigenvalue weighted by molar-refractivity contribution is 8.00. The molecule has 0 aliphatic rings. The van der Waals surface area contributed by atoms with Crippen LogP contribution in [0.25, 0.3) is 0 Å². The van der Waals surface area contributed by atoms with Crippen molar-refractivity contribution >= 4 is 28.9 Å². The van der Waals surface area contributed by atoms with Gasteiger partial charge in [0, 0.05) is 11.3 Å². The van der Waals surface area contributed by atoms with Gasteiger partial charge in [-0.25, -0.2) is 4.39 Å². The quantitative estimate of drug-likeness (QED) is 0.766. The van der Waals surface area contributed by atoms with Crippen molar-refractivity contribution in [2.24, 2.45) is 0 Å². The molecule has 1 aromatic carbocycles. The summed E-state index contributed by atoms with van der Waals surface area (Å²) in [7, 11) is 0. The molecule has 0 unspecified atom stereocenters. The Morgan fingerprint density at radius 1 is 1.24 bits per heavy atom. The van der Waals surface area contributed by atoms with Crippen LogP contribution < -0.4 is 0 Å². The van der Waals surface area contributed by atoms with Gasteiger partial charge in [0.15, 0.2) is 0 Å². The van der Waals surface area contributed by atoms with Crippen molar-refractivity contribution in [3.8, 4) is 0 Å². The molecule has 0 bridgehead atoms. The van der Waals surface area contributed by atoms with Crippen molar-refractivity contribution in [1.29, 1.82) is 0 Å². The lowest BCUT2D eigenvalue weighted by Gasteiger charge is -2.00. The van der Waals surface area contributed by atoms with Gasteiger partial charge in [-0.3, -0.25) is 4.79 Å². The molecule has 0 fully saturated rings. The Bertz CT molecular complexity index is 477. The number of thiophene rings is 1. The lowest BCUT2D eigenvalue weighted by atomic mass is 10.2. The molecule has 0 spiro atoms. The van der Waals surface area contributed by atoms with Gasteiger partial charge in [-0.15, -0.1) is 11.8 Å². The predicted octanol–water partition coefficient (Wildman–Crippen LogP) is 3.79. The van der Waals surface area contributed by atoms with E-state index in [1.54, 1.807) is 23.5 Å². The average molecular weight is 266 g/mol. The SMILES string of the molecule is O=C(CSc1ccc(F)cc1)Cc1ccsc1. The van der Waals surface area contributed by atoms with E-state index in [4.69, 9.17) is 0 Å². The van der Waals surface area contributed by atoms with Crippen molar-refractivity contribution in [3.05, 3.63) is 52.5 Å². The molecule has 2 aromatic rings. The van der Waals surface area contributed by atoms with Gasteiger partial charge in [-0.2, -0.15) is 11.3 Å². The molecule has 0 saturated carbocycles. The standard InChI is InChI=1S/C13H11FOS2/c14-11-1-3-13(4-2-11)17-9-12(15)7-10-5-6-16-8-10/h1-6,8H,7,9H2. The molecule has 1 nitrogen and oxygen atoms in total. The van der Waals surface area contributed by atoms with Gasteiger partial charge in [0.1, 0.15) is 11.6 Å². The van der Waals surface area contributed by atoms with E-state index in [9.17, 15) is 9.18 Å². The fourth-order valence-electron chi connectivity index (χ4n) is 1.37. The van der Waals surface area contributed by atoms with Crippen LogP contribution in [0.15, 0.2) is 46.0 Å². The molecular weight excluding hydrogens is 255 g/mol. The predicted molar refractivity (Wildman–Crippen MR) is 70.2 cm³/mol. The van der Waals surface area contributed by atoms with Crippen molar-refractivity contribution in [2.45, 2.75) is 11.3 Å². The summed E-state index contributed by atoms with van der Waals surface area (Å²) in [5.74, 6) is 0.373. The summed E-state index contributed by atoms with van der Waals surface area (Å²) in [6.07, 6.45) is 0.484. The summed E-state index contributed by atoms with van der Waals surface area (Å²) in [6.45, 7) is 0. The fraction of sp³-hybridized carbons (Fsp3) is 0.154. The molecule has 1 aromatic heterocycles. The Balaban J connectivity index is 1.82. The lowest BCUT2D eigenvalue weighted by molar-refractivity contribution is -0.115. The van der Waals surface area contributed by atoms with E-state index >= 15 is 0 Å². The first kappa shape index (κ1) is 12.3. The molecular formula is C13H11FOS2. The minimum absolute atomic E-state index is 0.192. The molecule has 4 heteroatoms. The van der Waals surface area contributed by atoms with Crippen LogP contribution in [0.3, 0.4) is 0 Å². The molecule has 0 aliphatic carbocycles. The van der Waals surface area contributed by atoms with Gasteiger partial charge in [0.05, 0.1) is 5.75 Å². The number of carbonyl (C=O) groups is 1. The maximum atomic E-state index is 12.7. The first-order valence-corrected chi connectivity index (χ1v) is 7.08. The van der Waals surface area contributed by atoms with Crippen molar-refractivity contribution < 1.29 is 9.18 Å². The van der Waals surface area contributed by atoms with E-state index in [2.05, 4.69) is 0 Å². The van der Waals surface area contributed by atoms with Crippen molar-refractivity contribution in [3.63, 3.8) is 0 Å². The number of Topliss-reactive ketones (excluding diaryl/α,β-unsaturated/α-hetero) is 1. The van der Waals surface area contributed by atoms with Crippen LogP contribution in [0.2, 0.25) is 0 Å². The third kappa shape index (κ3) is 3.98. The Morgan fingerprint density at radius 2 is 2.00 bits per heavy atom. The molecule has 0 radical (unpaired) electrons. The van der Waals surface area contributed by atoms with E-state index in [-0.39, 0.29) is 11.6 Å². The second-order valence-electron chi connectivity index (χ2n) is 3.59. The highest BCUT2D eigenvalue weighted by Gasteiger charge is 2.05. The molecule has 0 N–H and O–H groups in total. The van der Waals surface area contributed by atoms with Gasteiger partial charge in [0.25, 0.3) is 0 Å². The van der Waals surface area contributed by atoms with Gasteiger partial charge < -0.3 is 0 Å². The van der Waals surface area contributed by atoms with E-state index in [1.807, 2.05) is 16.8 Å². The zero-order valence-electron chi connectivity index (χ0n) is 9.06. The van der Waals surface area contributed by atoms with E-state index in [0.29, 0.717) is 12.2 Å². The summed E-state index contributed by atoms with van der Waals surface area (Å²) in [5.41, 5.74) is 1.07.